The minimum Gasteiger partial charge on any atom is -0.394 e. The minimum absolute atomic E-state index is 0.0335. The Bertz CT molecular complexity index is 294. The van der Waals surface area contributed by atoms with Crippen molar-refractivity contribution in [2.45, 2.75) is 33.4 Å². The highest BCUT2D eigenvalue weighted by Gasteiger charge is 2.12. The van der Waals surface area contributed by atoms with Crippen LogP contribution < -0.4 is 5.73 Å². The maximum absolute atomic E-state index is 8.94. The highest BCUT2D eigenvalue weighted by Crippen LogP contribution is 2.15. The number of aliphatic hydroxyl groups excluding tert-OH is 1. The van der Waals surface area contributed by atoms with E-state index in [0.29, 0.717) is 5.92 Å². The summed E-state index contributed by atoms with van der Waals surface area (Å²) in [5, 5.41) is 13.2. The number of hydrogen-bond donors (Lipinski definition) is 2. The standard InChI is InChI=1S/C10H19N3O/c1-7(2)5-13-8(3)9(4-12-13)10(11)6-14/h4,7,10,14H,5-6,11H2,1-3H3. The van der Waals surface area contributed by atoms with Gasteiger partial charge in [0.25, 0.3) is 0 Å². The van der Waals surface area contributed by atoms with Crippen molar-refractivity contribution in [1.29, 1.82) is 0 Å². The van der Waals surface area contributed by atoms with Gasteiger partial charge >= 0.3 is 0 Å². The second-order valence-electron chi connectivity index (χ2n) is 4.05. The molecule has 0 saturated heterocycles. The van der Waals surface area contributed by atoms with E-state index in [-0.39, 0.29) is 12.6 Å². The van der Waals surface area contributed by atoms with Crippen molar-refractivity contribution in [2.24, 2.45) is 11.7 Å². The lowest BCUT2D eigenvalue weighted by Gasteiger charge is -2.10. The van der Waals surface area contributed by atoms with Gasteiger partial charge in [0.15, 0.2) is 0 Å². The molecule has 0 aliphatic rings. The fourth-order valence-electron chi connectivity index (χ4n) is 1.45. The van der Waals surface area contributed by atoms with E-state index in [1.54, 1.807) is 6.20 Å². The lowest BCUT2D eigenvalue weighted by atomic mass is 10.1. The summed E-state index contributed by atoms with van der Waals surface area (Å²) < 4.78 is 1.94. The fraction of sp³-hybridized carbons (Fsp3) is 0.700. The average Bonchev–Trinajstić information content (AvgIpc) is 2.46. The Hall–Kier alpha value is -0.870. The lowest BCUT2D eigenvalue weighted by molar-refractivity contribution is 0.267. The van der Waals surface area contributed by atoms with Crippen LogP contribution in [0.5, 0.6) is 0 Å². The summed E-state index contributed by atoms with van der Waals surface area (Å²) >= 11 is 0. The molecule has 14 heavy (non-hydrogen) atoms. The SMILES string of the molecule is Cc1c(C(N)CO)cnn1CC(C)C. The quantitative estimate of drug-likeness (QED) is 0.751. The number of nitrogens with zero attached hydrogens (tertiary/aromatic N) is 2. The van der Waals surface area contributed by atoms with Crippen LogP contribution in [-0.4, -0.2) is 21.5 Å². The first kappa shape index (κ1) is 11.2. The third kappa shape index (κ3) is 2.33. The van der Waals surface area contributed by atoms with E-state index < -0.39 is 0 Å². The second-order valence-corrected chi connectivity index (χ2v) is 4.05. The predicted octanol–water partition coefficient (Wildman–Crippen LogP) is 0.840. The Morgan fingerprint density at radius 1 is 1.57 bits per heavy atom. The van der Waals surface area contributed by atoms with Gasteiger partial charge in [0.1, 0.15) is 0 Å². The van der Waals surface area contributed by atoms with Crippen LogP contribution in [0, 0.1) is 12.8 Å². The maximum Gasteiger partial charge on any atom is 0.0625 e. The fourth-order valence-corrected chi connectivity index (χ4v) is 1.45. The van der Waals surface area contributed by atoms with E-state index in [4.69, 9.17) is 10.8 Å². The molecule has 3 N–H and O–H groups in total. The molecule has 0 aromatic carbocycles. The van der Waals surface area contributed by atoms with Gasteiger partial charge < -0.3 is 10.8 Å². The largest absolute Gasteiger partial charge is 0.394 e. The van der Waals surface area contributed by atoms with Crippen LogP contribution in [0.15, 0.2) is 6.20 Å². The maximum atomic E-state index is 8.94. The van der Waals surface area contributed by atoms with E-state index in [9.17, 15) is 0 Å². The second kappa shape index (κ2) is 4.57. The molecule has 0 amide bonds. The first-order chi connectivity index (χ1) is 6.56. The zero-order valence-electron chi connectivity index (χ0n) is 9.07. The number of aliphatic hydroxyl groups is 1. The van der Waals surface area contributed by atoms with Gasteiger partial charge in [0.05, 0.1) is 18.8 Å². The van der Waals surface area contributed by atoms with Crippen molar-refractivity contribution in [1.82, 2.24) is 9.78 Å². The van der Waals surface area contributed by atoms with E-state index in [1.807, 2.05) is 11.6 Å². The van der Waals surface area contributed by atoms with Gasteiger partial charge in [-0.25, -0.2) is 0 Å². The summed E-state index contributed by atoms with van der Waals surface area (Å²) in [7, 11) is 0. The third-order valence-electron chi connectivity index (χ3n) is 2.28. The molecule has 1 heterocycles. The molecule has 0 bridgehead atoms. The summed E-state index contributed by atoms with van der Waals surface area (Å²) in [5.74, 6) is 0.562. The van der Waals surface area contributed by atoms with Crippen LogP contribution in [0.1, 0.15) is 31.1 Å². The van der Waals surface area contributed by atoms with Gasteiger partial charge in [-0.05, 0) is 12.8 Å². The van der Waals surface area contributed by atoms with Gasteiger partial charge in [-0.2, -0.15) is 5.10 Å². The molecule has 4 nitrogen and oxygen atoms in total. The van der Waals surface area contributed by atoms with E-state index >= 15 is 0 Å². The van der Waals surface area contributed by atoms with Gasteiger partial charge in [0.2, 0.25) is 0 Å². The van der Waals surface area contributed by atoms with Gasteiger partial charge in [-0.1, -0.05) is 13.8 Å². The Balaban J connectivity index is 2.85. The molecule has 1 aromatic rings. The molecule has 1 aromatic heterocycles. The zero-order chi connectivity index (χ0) is 10.7. The van der Waals surface area contributed by atoms with Crippen molar-refractivity contribution in [3.8, 4) is 0 Å². The van der Waals surface area contributed by atoms with Crippen molar-refractivity contribution in [2.75, 3.05) is 6.61 Å². The van der Waals surface area contributed by atoms with E-state index in [0.717, 1.165) is 17.8 Å². The summed E-state index contributed by atoms with van der Waals surface area (Å²) in [6.07, 6.45) is 1.75. The summed E-state index contributed by atoms with van der Waals surface area (Å²) in [4.78, 5) is 0. The van der Waals surface area contributed by atoms with Crippen LogP contribution in [-0.2, 0) is 6.54 Å². The molecule has 1 atom stereocenters. The molecule has 0 aliphatic carbocycles. The first-order valence-corrected chi connectivity index (χ1v) is 4.95. The van der Waals surface area contributed by atoms with Crippen molar-refractivity contribution in [3.63, 3.8) is 0 Å². The van der Waals surface area contributed by atoms with Crippen LogP contribution >= 0.6 is 0 Å². The minimum atomic E-state index is -0.309. The molecule has 0 radical (unpaired) electrons. The van der Waals surface area contributed by atoms with Crippen LogP contribution in [0.25, 0.3) is 0 Å². The Kier molecular flexibility index (Phi) is 3.66. The number of hydrogen-bond acceptors (Lipinski definition) is 3. The number of rotatable bonds is 4. The smallest absolute Gasteiger partial charge is 0.0625 e. The zero-order valence-corrected chi connectivity index (χ0v) is 9.07. The molecular formula is C10H19N3O. The highest BCUT2D eigenvalue weighted by atomic mass is 16.3. The molecule has 0 aliphatic heterocycles. The van der Waals surface area contributed by atoms with Crippen molar-refractivity contribution < 1.29 is 5.11 Å². The normalized spacial score (nSPS) is 13.6. The molecule has 80 valence electrons. The molecule has 0 fully saturated rings. The number of nitrogens with two attached hydrogens (primary N) is 1. The molecule has 1 unspecified atom stereocenters. The van der Waals surface area contributed by atoms with Crippen molar-refractivity contribution >= 4 is 0 Å². The molecule has 4 heteroatoms. The molecule has 1 rings (SSSR count). The van der Waals surface area contributed by atoms with Gasteiger partial charge in [0, 0.05) is 17.8 Å². The molecule has 0 spiro atoms. The Labute approximate surface area is 84.7 Å². The third-order valence-corrected chi connectivity index (χ3v) is 2.28. The topological polar surface area (TPSA) is 64.1 Å². The monoisotopic (exact) mass is 197 g/mol. The molecule has 0 saturated carbocycles. The summed E-state index contributed by atoms with van der Waals surface area (Å²) in [6.45, 7) is 7.14. The van der Waals surface area contributed by atoms with Crippen LogP contribution in [0.2, 0.25) is 0 Å². The summed E-state index contributed by atoms with van der Waals surface area (Å²) in [6, 6.07) is -0.309. The summed E-state index contributed by atoms with van der Waals surface area (Å²) in [5.41, 5.74) is 7.73. The Morgan fingerprint density at radius 2 is 2.21 bits per heavy atom. The average molecular weight is 197 g/mol. The van der Waals surface area contributed by atoms with Gasteiger partial charge in [-0.15, -0.1) is 0 Å². The van der Waals surface area contributed by atoms with Crippen LogP contribution in [0.4, 0.5) is 0 Å². The van der Waals surface area contributed by atoms with Crippen molar-refractivity contribution in [3.05, 3.63) is 17.5 Å². The van der Waals surface area contributed by atoms with Gasteiger partial charge in [-0.3, -0.25) is 4.68 Å². The molecular weight excluding hydrogens is 178 g/mol. The number of aromatic nitrogens is 2. The van der Waals surface area contributed by atoms with E-state index in [1.165, 1.54) is 0 Å². The first-order valence-electron chi connectivity index (χ1n) is 4.95. The van der Waals surface area contributed by atoms with Crippen LogP contribution in [0.3, 0.4) is 0 Å². The highest BCUT2D eigenvalue weighted by molar-refractivity contribution is 5.20. The Morgan fingerprint density at radius 3 is 2.71 bits per heavy atom. The predicted molar refractivity (Wildman–Crippen MR) is 55.8 cm³/mol. The lowest BCUT2D eigenvalue weighted by Crippen LogP contribution is -2.16. The van der Waals surface area contributed by atoms with E-state index in [2.05, 4.69) is 18.9 Å².